The highest BCUT2D eigenvalue weighted by molar-refractivity contribution is 9.10. The third kappa shape index (κ3) is 1.74. The van der Waals surface area contributed by atoms with Crippen molar-refractivity contribution in [3.63, 3.8) is 0 Å². The van der Waals surface area contributed by atoms with Gasteiger partial charge in [0.2, 0.25) is 5.91 Å². The molecule has 0 bridgehead atoms. The Morgan fingerprint density at radius 3 is 2.65 bits per heavy atom. The molecule has 2 aromatic carbocycles. The minimum atomic E-state index is 0.0651. The van der Waals surface area contributed by atoms with E-state index in [1.54, 1.807) is 0 Å². The van der Waals surface area contributed by atoms with Crippen LogP contribution in [-0.4, -0.2) is 5.91 Å². The molecule has 1 amide bonds. The minimum Gasteiger partial charge on any atom is -0.325 e. The van der Waals surface area contributed by atoms with Crippen molar-refractivity contribution in [3.8, 4) is 0 Å². The molecule has 0 atom stereocenters. The summed E-state index contributed by atoms with van der Waals surface area (Å²) in [5.41, 5.74) is 7.05. The Morgan fingerprint density at radius 2 is 1.75 bits per heavy atom. The monoisotopic (exact) mass is 325 g/mol. The van der Waals surface area contributed by atoms with Crippen molar-refractivity contribution in [2.45, 2.75) is 12.8 Å². The van der Waals surface area contributed by atoms with Crippen molar-refractivity contribution < 1.29 is 4.79 Å². The average Bonchev–Trinajstić information content (AvgIpc) is 2.70. The van der Waals surface area contributed by atoms with Crippen LogP contribution in [0.4, 0.5) is 5.69 Å². The second-order valence-electron chi connectivity index (χ2n) is 5.21. The van der Waals surface area contributed by atoms with Crippen LogP contribution in [0.15, 0.2) is 46.9 Å². The molecule has 2 aliphatic rings. The standard InChI is InChI=1S/C17H12BrNO/c18-11-6-5-10-7-14-12-3-1-2-4-16(12)19-17(20)9-15(14)13(10)8-11/h1-6,8H,7,9H2,(H,19,20). The van der Waals surface area contributed by atoms with E-state index in [1.807, 2.05) is 18.2 Å². The van der Waals surface area contributed by atoms with Crippen molar-refractivity contribution in [1.29, 1.82) is 0 Å². The molecule has 1 heterocycles. The number of amides is 1. The average molecular weight is 326 g/mol. The van der Waals surface area contributed by atoms with E-state index < -0.39 is 0 Å². The summed E-state index contributed by atoms with van der Waals surface area (Å²) in [6.45, 7) is 0. The number of anilines is 1. The summed E-state index contributed by atoms with van der Waals surface area (Å²) < 4.78 is 1.06. The summed E-state index contributed by atoms with van der Waals surface area (Å²) in [6.07, 6.45) is 1.36. The lowest BCUT2D eigenvalue weighted by Crippen LogP contribution is -2.10. The highest BCUT2D eigenvalue weighted by atomic mass is 79.9. The lowest BCUT2D eigenvalue weighted by Gasteiger charge is -2.09. The summed E-state index contributed by atoms with van der Waals surface area (Å²) in [7, 11) is 0. The Bertz CT molecular complexity index is 776. The molecule has 2 aromatic rings. The summed E-state index contributed by atoms with van der Waals surface area (Å²) in [5, 5.41) is 3.00. The molecule has 0 saturated carbocycles. The molecule has 1 N–H and O–H groups in total. The van der Waals surface area contributed by atoms with Gasteiger partial charge in [0, 0.05) is 15.7 Å². The number of hydrogen-bond acceptors (Lipinski definition) is 1. The van der Waals surface area contributed by atoms with E-state index in [-0.39, 0.29) is 5.91 Å². The summed E-state index contributed by atoms with van der Waals surface area (Å²) >= 11 is 3.52. The number of nitrogens with one attached hydrogen (secondary N) is 1. The van der Waals surface area contributed by atoms with Gasteiger partial charge in [-0.15, -0.1) is 0 Å². The number of rotatable bonds is 0. The highest BCUT2D eigenvalue weighted by Gasteiger charge is 2.28. The van der Waals surface area contributed by atoms with Crippen molar-refractivity contribution in [2.24, 2.45) is 0 Å². The lowest BCUT2D eigenvalue weighted by atomic mass is 9.98. The number of carbonyl (C=O) groups excluding carboxylic acids is 1. The fourth-order valence-electron chi connectivity index (χ4n) is 3.11. The van der Waals surface area contributed by atoms with Gasteiger partial charge in [-0.05, 0) is 46.9 Å². The van der Waals surface area contributed by atoms with Crippen LogP contribution >= 0.6 is 15.9 Å². The van der Waals surface area contributed by atoms with E-state index in [1.165, 1.54) is 22.3 Å². The Labute approximate surface area is 125 Å². The fourth-order valence-corrected chi connectivity index (χ4v) is 3.47. The molecular formula is C17H12BrNO. The molecule has 2 nitrogen and oxygen atoms in total. The molecule has 1 aliphatic carbocycles. The SMILES string of the molecule is O=C1CC2=C(Cc3ccc(Br)cc32)c2ccccc2N1. The number of carbonyl (C=O) groups is 1. The van der Waals surface area contributed by atoms with E-state index in [0.717, 1.165) is 22.1 Å². The second kappa shape index (κ2) is 4.32. The third-order valence-corrected chi connectivity index (χ3v) is 4.49. The first-order chi connectivity index (χ1) is 9.72. The first kappa shape index (κ1) is 11.9. The first-order valence-electron chi connectivity index (χ1n) is 6.62. The van der Waals surface area contributed by atoms with E-state index in [4.69, 9.17) is 0 Å². The molecule has 0 fully saturated rings. The van der Waals surface area contributed by atoms with Gasteiger partial charge >= 0.3 is 0 Å². The second-order valence-corrected chi connectivity index (χ2v) is 6.12. The Balaban J connectivity index is 1.97. The molecule has 20 heavy (non-hydrogen) atoms. The Morgan fingerprint density at radius 1 is 0.950 bits per heavy atom. The zero-order chi connectivity index (χ0) is 13.7. The van der Waals surface area contributed by atoms with Crippen LogP contribution < -0.4 is 5.32 Å². The van der Waals surface area contributed by atoms with Crippen molar-refractivity contribution in [3.05, 3.63) is 63.6 Å². The van der Waals surface area contributed by atoms with Crippen LogP contribution in [0.2, 0.25) is 0 Å². The normalized spacial score (nSPS) is 16.1. The van der Waals surface area contributed by atoms with E-state index >= 15 is 0 Å². The molecule has 4 rings (SSSR count). The van der Waals surface area contributed by atoms with E-state index in [0.29, 0.717) is 6.42 Å². The molecular weight excluding hydrogens is 314 g/mol. The van der Waals surface area contributed by atoms with Crippen molar-refractivity contribution in [2.75, 3.05) is 5.32 Å². The quantitative estimate of drug-likeness (QED) is 0.770. The molecule has 98 valence electrons. The molecule has 1 aliphatic heterocycles. The van der Waals surface area contributed by atoms with Crippen LogP contribution in [0, 0.1) is 0 Å². The van der Waals surface area contributed by atoms with Gasteiger partial charge in [0.15, 0.2) is 0 Å². The molecule has 0 saturated heterocycles. The van der Waals surface area contributed by atoms with Crippen LogP contribution in [0.1, 0.15) is 23.1 Å². The van der Waals surface area contributed by atoms with Gasteiger partial charge in [-0.3, -0.25) is 4.79 Å². The van der Waals surface area contributed by atoms with Gasteiger partial charge in [-0.2, -0.15) is 0 Å². The number of allylic oxidation sites excluding steroid dienone is 1. The summed E-state index contributed by atoms with van der Waals surface area (Å²) in [6, 6.07) is 14.4. The first-order valence-corrected chi connectivity index (χ1v) is 7.42. The van der Waals surface area contributed by atoms with E-state index in [9.17, 15) is 4.79 Å². The topological polar surface area (TPSA) is 29.1 Å². The van der Waals surface area contributed by atoms with Gasteiger partial charge in [0.05, 0.1) is 6.42 Å². The molecule has 3 heteroatoms. The Kier molecular flexibility index (Phi) is 2.57. The van der Waals surface area contributed by atoms with Gasteiger partial charge in [0.25, 0.3) is 0 Å². The number of benzene rings is 2. The van der Waals surface area contributed by atoms with Gasteiger partial charge in [-0.1, -0.05) is 40.2 Å². The van der Waals surface area contributed by atoms with Crippen molar-refractivity contribution in [1.82, 2.24) is 0 Å². The molecule has 0 unspecified atom stereocenters. The minimum absolute atomic E-state index is 0.0651. The predicted octanol–water partition coefficient (Wildman–Crippen LogP) is 4.26. The molecule has 0 radical (unpaired) electrons. The number of para-hydroxylation sites is 1. The number of halogens is 1. The fraction of sp³-hybridized carbons (Fsp3) is 0.118. The highest BCUT2D eigenvalue weighted by Crippen LogP contribution is 2.44. The van der Waals surface area contributed by atoms with Gasteiger partial charge < -0.3 is 5.32 Å². The van der Waals surface area contributed by atoms with Crippen LogP contribution in [-0.2, 0) is 11.2 Å². The maximum absolute atomic E-state index is 12.1. The predicted molar refractivity (Wildman–Crippen MR) is 84.3 cm³/mol. The Hall–Kier alpha value is -1.87. The molecule has 0 aromatic heterocycles. The van der Waals surface area contributed by atoms with Crippen LogP contribution in [0.5, 0.6) is 0 Å². The number of fused-ring (bicyclic) bond motifs is 4. The zero-order valence-corrected chi connectivity index (χ0v) is 12.3. The van der Waals surface area contributed by atoms with E-state index in [2.05, 4.69) is 45.5 Å². The number of hydrogen-bond donors (Lipinski definition) is 1. The summed E-state index contributed by atoms with van der Waals surface area (Å²) in [4.78, 5) is 12.1. The van der Waals surface area contributed by atoms with Crippen molar-refractivity contribution >= 4 is 38.7 Å². The van der Waals surface area contributed by atoms with Crippen LogP contribution in [0.3, 0.4) is 0 Å². The van der Waals surface area contributed by atoms with Crippen LogP contribution in [0.25, 0.3) is 11.1 Å². The van der Waals surface area contributed by atoms with Gasteiger partial charge in [-0.25, -0.2) is 0 Å². The van der Waals surface area contributed by atoms with Gasteiger partial charge in [0.1, 0.15) is 0 Å². The maximum Gasteiger partial charge on any atom is 0.228 e. The zero-order valence-electron chi connectivity index (χ0n) is 10.7. The summed E-state index contributed by atoms with van der Waals surface area (Å²) in [5.74, 6) is 0.0651. The lowest BCUT2D eigenvalue weighted by molar-refractivity contribution is -0.115. The smallest absolute Gasteiger partial charge is 0.228 e. The maximum atomic E-state index is 12.1. The largest absolute Gasteiger partial charge is 0.325 e. The molecule has 0 spiro atoms. The third-order valence-electron chi connectivity index (χ3n) is 3.99.